The molecule has 36 heavy (non-hydrogen) atoms. The number of rotatable bonds is 8. The maximum absolute atomic E-state index is 13.2. The van der Waals surface area contributed by atoms with Crippen LogP contribution in [0.2, 0.25) is 10.0 Å². The summed E-state index contributed by atoms with van der Waals surface area (Å²) in [5.74, 6) is -0.0105. The van der Waals surface area contributed by atoms with Gasteiger partial charge < -0.3 is 0 Å². The molecule has 0 amide bonds. The first kappa shape index (κ1) is 26.8. The zero-order chi connectivity index (χ0) is 26.1. The third-order valence-corrected chi connectivity index (χ3v) is 8.54. The second-order valence-corrected chi connectivity index (χ2v) is 12.7. The van der Waals surface area contributed by atoms with Gasteiger partial charge in [-0.1, -0.05) is 42.3 Å². The van der Waals surface area contributed by atoms with Gasteiger partial charge in [-0.05, 0) is 61.2 Å². The van der Waals surface area contributed by atoms with Crippen molar-refractivity contribution in [2.24, 2.45) is 21.2 Å². The summed E-state index contributed by atoms with van der Waals surface area (Å²) in [4.78, 5) is 4.48. The molecule has 0 aromatic heterocycles. The molecule has 0 radical (unpaired) electrons. The summed E-state index contributed by atoms with van der Waals surface area (Å²) in [7, 11) is -7.99. The number of nitrogens with two attached hydrogens (primary N) is 1. The molecular formula is C22H26Cl2N6O4S2. The van der Waals surface area contributed by atoms with Gasteiger partial charge in [0.05, 0.1) is 29.2 Å². The molecule has 0 bridgehead atoms. The summed E-state index contributed by atoms with van der Waals surface area (Å²) in [5.41, 5.74) is 0.788. The van der Waals surface area contributed by atoms with Crippen molar-refractivity contribution in [3.8, 4) is 0 Å². The molecule has 1 aliphatic heterocycles. The lowest BCUT2D eigenvalue weighted by Gasteiger charge is -2.21. The molecule has 2 aromatic carbocycles. The average Bonchev–Trinajstić information content (AvgIpc) is 3.41. The van der Waals surface area contributed by atoms with Gasteiger partial charge in [0.1, 0.15) is 0 Å². The van der Waals surface area contributed by atoms with Crippen LogP contribution in [0.1, 0.15) is 31.7 Å². The van der Waals surface area contributed by atoms with Crippen LogP contribution < -0.4 is 14.6 Å². The van der Waals surface area contributed by atoms with Crippen molar-refractivity contribution in [1.29, 1.82) is 0 Å². The SMILES string of the molecule is CC[C@@H]1CN(C(=NCC2(NS(N)(=O)=O)CC2)NS(=O)(=O)c2ccc(Cl)cc2)N=C1c1ccc(Cl)cc1. The Morgan fingerprint density at radius 3 is 2.19 bits per heavy atom. The van der Waals surface area contributed by atoms with Crippen LogP contribution in [-0.2, 0) is 20.2 Å². The fourth-order valence-electron chi connectivity index (χ4n) is 3.85. The number of nitrogens with zero attached hydrogens (tertiary/aromatic N) is 3. The van der Waals surface area contributed by atoms with E-state index in [1.807, 2.05) is 19.1 Å². The van der Waals surface area contributed by atoms with Gasteiger partial charge in [0.2, 0.25) is 5.96 Å². The number of guanidine groups is 1. The van der Waals surface area contributed by atoms with E-state index in [9.17, 15) is 16.8 Å². The highest BCUT2D eigenvalue weighted by molar-refractivity contribution is 7.90. The highest BCUT2D eigenvalue weighted by Gasteiger charge is 2.45. The summed E-state index contributed by atoms with van der Waals surface area (Å²) < 4.78 is 54.4. The minimum absolute atomic E-state index is 0.00320. The lowest BCUT2D eigenvalue weighted by molar-refractivity contribution is 0.427. The maximum atomic E-state index is 13.2. The molecule has 0 unspecified atom stereocenters. The largest absolute Gasteiger partial charge is 0.274 e. The van der Waals surface area contributed by atoms with Gasteiger partial charge in [-0.25, -0.2) is 28.3 Å². The van der Waals surface area contributed by atoms with E-state index in [1.54, 1.807) is 12.1 Å². The Balaban J connectivity index is 1.68. The predicted octanol–water partition coefficient (Wildman–Crippen LogP) is 2.70. The Labute approximate surface area is 220 Å². The second kappa shape index (κ2) is 10.3. The molecule has 0 spiro atoms. The van der Waals surface area contributed by atoms with Crippen molar-refractivity contribution < 1.29 is 16.8 Å². The van der Waals surface area contributed by atoms with E-state index in [0.717, 1.165) is 17.7 Å². The monoisotopic (exact) mass is 572 g/mol. The van der Waals surface area contributed by atoms with Gasteiger partial charge in [0.25, 0.3) is 20.2 Å². The zero-order valence-electron chi connectivity index (χ0n) is 19.4. The number of benzene rings is 2. The zero-order valence-corrected chi connectivity index (χ0v) is 22.5. The van der Waals surface area contributed by atoms with Crippen LogP contribution in [-0.4, -0.2) is 52.1 Å². The number of sulfonamides is 1. The molecule has 1 saturated carbocycles. The highest BCUT2D eigenvalue weighted by Crippen LogP contribution is 2.36. The predicted molar refractivity (Wildman–Crippen MR) is 141 cm³/mol. The molecule has 1 heterocycles. The summed E-state index contributed by atoms with van der Waals surface area (Å²) in [6, 6.07) is 13.0. The quantitative estimate of drug-likeness (QED) is 0.328. The van der Waals surface area contributed by atoms with Crippen molar-refractivity contribution in [1.82, 2.24) is 14.5 Å². The van der Waals surface area contributed by atoms with E-state index in [2.05, 4.69) is 14.4 Å². The molecule has 0 saturated heterocycles. The first-order valence-corrected chi connectivity index (χ1v) is 14.9. The molecule has 2 aromatic rings. The van der Waals surface area contributed by atoms with Crippen molar-refractivity contribution in [2.45, 2.75) is 36.6 Å². The van der Waals surface area contributed by atoms with Crippen LogP contribution in [0, 0.1) is 5.92 Å². The van der Waals surface area contributed by atoms with Crippen molar-refractivity contribution in [3.05, 3.63) is 64.1 Å². The van der Waals surface area contributed by atoms with Crippen LogP contribution in [0.3, 0.4) is 0 Å². The standard InChI is InChI=1S/C22H26Cl2N6O4S2/c1-2-15-13-30(27-20(15)16-3-5-17(23)6-4-16)21(26-14-22(11-12-22)29-36(25,33)34)28-35(31,32)19-9-7-18(24)8-10-19/h3-10,15,29H,2,11-14H2,1H3,(H,26,28)(H2,25,33,34)/t15-/m1/s1. The number of hydrogen-bond donors (Lipinski definition) is 3. The van der Waals surface area contributed by atoms with Crippen molar-refractivity contribution in [2.75, 3.05) is 13.1 Å². The Morgan fingerprint density at radius 1 is 1.08 bits per heavy atom. The highest BCUT2D eigenvalue weighted by atomic mass is 35.5. The van der Waals surface area contributed by atoms with E-state index in [-0.39, 0.29) is 23.3 Å². The van der Waals surface area contributed by atoms with Crippen LogP contribution in [0.25, 0.3) is 0 Å². The smallest absolute Gasteiger partial charge is 0.249 e. The van der Waals surface area contributed by atoms with Gasteiger partial charge in [0.15, 0.2) is 0 Å². The molecule has 4 N–H and O–H groups in total. The van der Waals surface area contributed by atoms with Gasteiger partial charge in [-0.2, -0.15) is 18.2 Å². The van der Waals surface area contributed by atoms with Gasteiger partial charge >= 0.3 is 0 Å². The average molecular weight is 574 g/mol. The minimum atomic E-state index is -4.04. The molecule has 14 heteroatoms. The molecular weight excluding hydrogens is 547 g/mol. The number of hydrazone groups is 1. The lowest BCUT2D eigenvalue weighted by Crippen LogP contribution is -2.45. The fraction of sp³-hybridized carbons (Fsp3) is 0.364. The Morgan fingerprint density at radius 2 is 1.67 bits per heavy atom. The van der Waals surface area contributed by atoms with Crippen LogP contribution in [0.15, 0.2) is 63.5 Å². The van der Waals surface area contributed by atoms with E-state index >= 15 is 0 Å². The second-order valence-electron chi connectivity index (χ2n) is 8.81. The van der Waals surface area contributed by atoms with Crippen LogP contribution in [0.5, 0.6) is 0 Å². The van der Waals surface area contributed by atoms with Crippen LogP contribution in [0.4, 0.5) is 0 Å². The molecule has 1 atom stereocenters. The topological polar surface area (TPSA) is 146 Å². The lowest BCUT2D eigenvalue weighted by atomic mass is 9.95. The Kier molecular flexibility index (Phi) is 7.65. The number of hydrogen-bond acceptors (Lipinski definition) is 6. The first-order chi connectivity index (χ1) is 16.9. The molecule has 2 aliphatic rings. The van der Waals surface area contributed by atoms with Crippen LogP contribution >= 0.6 is 23.2 Å². The van der Waals surface area contributed by atoms with E-state index in [1.165, 1.54) is 29.3 Å². The Bertz CT molecular complexity index is 1390. The molecule has 4 rings (SSSR count). The van der Waals surface area contributed by atoms with Crippen molar-refractivity contribution in [3.63, 3.8) is 0 Å². The normalized spacial score (nSPS) is 19.8. The number of nitrogens with one attached hydrogen (secondary N) is 2. The first-order valence-electron chi connectivity index (χ1n) is 11.2. The molecule has 1 fully saturated rings. The number of aliphatic imine (C=N–C) groups is 1. The molecule has 10 nitrogen and oxygen atoms in total. The van der Waals surface area contributed by atoms with E-state index in [0.29, 0.717) is 29.4 Å². The van der Waals surface area contributed by atoms with Crippen molar-refractivity contribution >= 4 is 55.1 Å². The van der Waals surface area contributed by atoms with Gasteiger partial charge in [0, 0.05) is 16.0 Å². The van der Waals surface area contributed by atoms with Gasteiger partial charge in [-0.3, -0.25) is 0 Å². The summed E-state index contributed by atoms with van der Waals surface area (Å²) in [6.07, 6.45) is 1.81. The summed E-state index contributed by atoms with van der Waals surface area (Å²) in [5, 5.41) is 12.3. The fourth-order valence-corrected chi connectivity index (χ4v) is 6.00. The van der Waals surface area contributed by atoms with E-state index in [4.69, 9.17) is 33.4 Å². The Hall–Kier alpha value is -2.22. The molecule has 194 valence electrons. The molecule has 1 aliphatic carbocycles. The minimum Gasteiger partial charge on any atom is -0.249 e. The maximum Gasteiger partial charge on any atom is 0.274 e. The third-order valence-electron chi connectivity index (χ3n) is 5.98. The number of halogens is 2. The van der Waals surface area contributed by atoms with E-state index < -0.39 is 25.8 Å². The summed E-state index contributed by atoms with van der Waals surface area (Å²) >= 11 is 11.9. The van der Waals surface area contributed by atoms with Gasteiger partial charge in [-0.15, -0.1) is 0 Å². The summed E-state index contributed by atoms with van der Waals surface area (Å²) in [6.45, 7) is 2.39. The third kappa shape index (κ3) is 6.55.